The van der Waals surface area contributed by atoms with Crippen molar-refractivity contribution in [2.45, 2.75) is 66.3 Å². The normalized spacial score (nSPS) is 25.1. The maximum absolute atomic E-state index is 11.8. The van der Waals surface area contributed by atoms with Gasteiger partial charge in [-0.1, -0.05) is 41.5 Å². The second-order valence-corrected chi connectivity index (χ2v) is 8.02. The van der Waals surface area contributed by atoms with E-state index in [0.29, 0.717) is 18.8 Å². The van der Waals surface area contributed by atoms with Gasteiger partial charge in [-0.15, -0.1) is 0 Å². The van der Waals surface area contributed by atoms with Crippen LogP contribution in [0.25, 0.3) is 0 Å². The fraction of sp³-hybridized carbons (Fsp3) is 0.933. The van der Waals surface area contributed by atoms with Gasteiger partial charge < -0.3 is 10.4 Å². The van der Waals surface area contributed by atoms with Crippen molar-refractivity contribution in [2.75, 3.05) is 6.54 Å². The molecule has 2 N–H and O–H groups in total. The summed E-state index contributed by atoms with van der Waals surface area (Å²) in [6, 6.07) is 0. The van der Waals surface area contributed by atoms with Crippen LogP contribution in [0, 0.1) is 16.7 Å². The molecule has 3 nitrogen and oxygen atoms in total. The molecule has 0 bridgehead atoms. The average Bonchev–Trinajstić information content (AvgIpc) is 2.09. The van der Waals surface area contributed by atoms with Crippen LogP contribution in [-0.4, -0.2) is 23.2 Å². The maximum atomic E-state index is 11.8. The third-order valence-corrected chi connectivity index (χ3v) is 3.78. The molecule has 3 heteroatoms. The molecule has 0 aromatic rings. The first kappa shape index (κ1) is 15.5. The van der Waals surface area contributed by atoms with Crippen molar-refractivity contribution in [3.63, 3.8) is 0 Å². The molecule has 1 saturated carbocycles. The largest absolute Gasteiger partial charge is 0.480 e. The van der Waals surface area contributed by atoms with Crippen molar-refractivity contribution >= 4 is 5.97 Å². The Balaban J connectivity index is 2.99. The highest BCUT2D eigenvalue weighted by Crippen LogP contribution is 2.50. The molecule has 0 radical (unpaired) electrons. The molecule has 0 spiro atoms. The van der Waals surface area contributed by atoms with E-state index in [4.69, 9.17) is 0 Å². The number of hydrogen-bond acceptors (Lipinski definition) is 2. The van der Waals surface area contributed by atoms with E-state index in [2.05, 4.69) is 46.9 Å². The lowest BCUT2D eigenvalue weighted by molar-refractivity contribution is -0.151. The van der Waals surface area contributed by atoms with Gasteiger partial charge in [-0.2, -0.15) is 0 Å². The highest BCUT2D eigenvalue weighted by atomic mass is 16.4. The Bertz CT molecular complexity index is 302. The van der Waals surface area contributed by atoms with Gasteiger partial charge in [0.2, 0.25) is 0 Å². The van der Waals surface area contributed by atoms with E-state index in [1.807, 2.05) is 0 Å². The van der Waals surface area contributed by atoms with Gasteiger partial charge in [0.25, 0.3) is 0 Å². The molecule has 0 aromatic heterocycles. The van der Waals surface area contributed by atoms with E-state index >= 15 is 0 Å². The molecule has 1 aliphatic carbocycles. The first-order valence-electron chi connectivity index (χ1n) is 6.97. The predicted molar refractivity (Wildman–Crippen MR) is 74.6 cm³/mol. The quantitative estimate of drug-likeness (QED) is 0.810. The third-order valence-electron chi connectivity index (χ3n) is 3.78. The summed E-state index contributed by atoms with van der Waals surface area (Å²) in [4.78, 5) is 11.8. The summed E-state index contributed by atoms with van der Waals surface area (Å²) in [6.07, 6.45) is 2.51. The molecule has 1 rings (SSSR count). The van der Waals surface area contributed by atoms with Crippen molar-refractivity contribution in [3.8, 4) is 0 Å². The molecular formula is C15H29NO2. The number of rotatable bonds is 4. The third kappa shape index (κ3) is 3.71. The fourth-order valence-corrected chi connectivity index (χ4v) is 3.87. The summed E-state index contributed by atoms with van der Waals surface area (Å²) in [7, 11) is 0. The first-order chi connectivity index (χ1) is 7.98. The molecule has 1 fully saturated rings. The van der Waals surface area contributed by atoms with Gasteiger partial charge in [0.15, 0.2) is 0 Å². The van der Waals surface area contributed by atoms with Gasteiger partial charge in [-0.25, -0.2) is 0 Å². The van der Waals surface area contributed by atoms with Crippen molar-refractivity contribution in [2.24, 2.45) is 16.7 Å². The summed E-state index contributed by atoms with van der Waals surface area (Å²) in [5, 5.41) is 13.0. The lowest BCUT2D eigenvalue weighted by atomic mass is 9.58. The summed E-state index contributed by atoms with van der Waals surface area (Å²) >= 11 is 0. The molecule has 0 saturated heterocycles. The SMILES string of the molecule is CC(C)CNC1(C(=O)O)CC(C)(C)CC(C)(C)C1. The van der Waals surface area contributed by atoms with Gasteiger partial charge in [0.1, 0.15) is 5.54 Å². The predicted octanol–water partition coefficient (Wildman–Crippen LogP) is 3.29. The van der Waals surface area contributed by atoms with E-state index in [0.717, 1.165) is 13.0 Å². The van der Waals surface area contributed by atoms with Crippen LogP contribution in [0.15, 0.2) is 0 Å². The minimum Gasteiger partial charge on any atom is -0.480 e. The van der Waals surface area contributed by atoms with Gasteiger partial charge >= 0.3 is 5.97 Å². The average molecular weight is 255 g/mol. The number of carboxylic acids is 1. The molecular weight excluding hydrogens is 226 g/mol. The van der Waals surface area contributed by atoms with Crippen molar-refractivity contribution in [3.05, 3.63) is 0 Å². The Morgan fingerprint density at radius 2 is 1.56 bits per heavy atom. The van der Waals surface area contributed by atoms with Crippen LogP contribution in [0.4, 0.5) is 0 Å². The lowest BCUT2D eigenvalue weighted by Crippen LogP contribution is -2.60. The number of aliphatic carboxylic acids is 1. The van der Waals surface area contributed by atoms with Crippen LogP contribution in [0.3, 0.4) is 0 Å². The number of carboxylic acid groups (broad SMARTS) is 1. The molecule has 0 atom stereocenters. The van der Waals surface area contributed by atoms with E-state index in [1.165, 1.54) is 0 Å². The summed E-state index contributed by atoms with van der Waals surface area (Å²) < 4.78 is 0. The van der Waals surface area contributed by atoms with Crippen molar-refractivity contribution < 1.29 is 9.90 Å². The molecule has 0 amide bonds. The highest BCUT2D eigenvalue weighted by Gasteiger charge is 2.51. The Morgan fingerprint density at radius 3 is 1.89 bits per heavy atom. The smallest absolute Gasteiger partial charge is 0.323 e. The van der Waals surface area contributed by atoms with Crippen molar-refractivity contribution in [1.29, 1.82) is 0 Å². The molecule has 0 heterocycles. The molecule has 18 heavy (non-hydrogen) atoms. The zero-order valence-electron chi connectivity index (χ0n) is 12.8. The van der Waals surface area contributed by atoms with E-state index in [9.17, 15) is 9.90 Å². The van der Waals surface area contributed by atoms with Crippen LogP contribution in [-0.2, 0) is 4.79 Å². The minimum absolute atomic E-state index is 0.0735. The monoisotopic (exact) mass is 255 g/mol. The van der Waals surface area contributed by atoms with Crippen LogP contribution >= 0.6 is 0 Å². The molecule has 0 aliphatic heterocycles. The Kier molecular flexibility index (Phi) is 4.16. The second-order valence-electron chi connectivity index (χ2n) is 8.02. The Morgan fingerprint density at radius 1 is 1.11 bits per heavy atom. The Hall–Kier alpha value is -0.570. The van der Waals surface area contributed by atoms with E-state index in [1.54, 1.807) is 0 Å². The highest BCUT2D eigenvalue weighted by molar-refractivity contribution is 5.79. The topological polar surface area (TPSA) is 49.3 Å². The van der Waals surface area contributed by atoms with Gasteiger partial charge in [-0.05, 0) is 42.6 Å². The van der Waals surface area contributed by atoms with Crippen LogP contribution in [0.1, 0.15) is 60.8 Å². The van der Waals surface area contributed by atoms with Gasteiger partial charge in [-0.3, -0.25) is 4.79 Å². The molecule has 1 aliphatic rings. The van der Waals surface area contributed by atoms with Gasteiger partial charge in [0.05, 0.1) is 0 Å². The number of carbonyl (C=O) groups is 1. The summed E-state index contributed by atoms with van der Waals surface area (Å²) in [5.41, 5.74) is -0.607. The van der Waals surface area contributed by atoms with Crippen LogP contribution < -0.4 is 5.32 Å². The fourth-order valence-electron chi connectivity index (χ4n) is 3.87. The molecule has 0 aromatic carbocycles. The lowest BCUT2D eigenvalue weighted by Gasteiger charge is -2.50. The maximum Gasteiger partial charge on any atom is 0.323 e. The standard InChI is InChI=1S/C15H29NO2/c1-11(2)7-16-15(12(17)18)9-13(3,4)8-14(5,6)10-15/h11,16H,7-10H2,1-6H3,(H,17,18). The van der Waals surface area contributed by atoms with E-state index in [-0.39, 0.29) is 10.8 Å². The van der Waals surface area contributed by atoms with E-state index < -0.39 is 11.5 Å². The Labute approximate surface area is 111 Å². The summed E-state index contributed by atoms with van der Waals surface area (Å²) in [6.45, 7) is 13.7. The van der Waals surface area contributed by atoms with Crippen molar-refractivity contribution in [1.82, 2.24) is 5.32 Å². The van der Waals surface area contributed by atoms with Gasteiger partial charge in [0, 0.05) is 0 Å². The number of nitrogens with one attached hydrogen (secondary N) is 1. The zero-order valence-corrected chi connectivity index (χ0v) is 12.8. The second kappa shape index (κ2) is 4.84. The minimum atomic E-state index is -0.754. The summed E-state index contributed by atoms with van der Waals surface area (Å²) in [5.74, 6) is -0.224. The number of hydrogen-bond donors (Lipinski definition) is 2. The van der Waals surface area contributed by atoms with Crippen LogP contribution in [0.2, 0.25) is 0 Å². The molecule has 0 unspecified atom stereocenters. The zero-order chi connectivity index (χ0) is 14.2. The first-order valence-corrected chi connectivity index (χ1v) is 6.97. The molecule has 106 valence electrons. The van der Waals surface area contributed by atoms with Crippen LogP contribution in [0.5, 0.6) is 0 Å².